The molecular weight excluding hydrogens is 293 g/mol. The van der Waals surface area contributed by atoms with E-state index in [0.29, 0.717) is 10.0 Å². The third-order valence-electron chi connectivity index (χ3n) is 3.35. The molecule has 20 heavy (non-hydrogen) atoms. The average Bonchev–Trinajstić information content (AvgIpc) is 2.38. The molecule has 1 aromatic rings. The first-order valence-electron chi connectivity index (χ1n) is 6.94. The molecule has 114 valence electrons. The van der Waals surface area contributed by atoms with Gasteiger partial charge in [0.2, 0.25) is 0 Å². The summed E-state index contributed by atoms with van der Waals surface area (Å²) in [6.07, 6.45) is 2.04. The number of hydrogen-bond acceptors (Lipinski definition) is 3. The van der Waals surface area contributed by atoms with Gasteiger partial charge in [-0.05, 0) is 65.2 Å². The van der Waals surface area contributed by atoms with Gasteiger partial charge in [0.1, 0.15) is 0 Å². The van der Waals surface area contributed by atoms with Crippen LogP contribution in [0.1, 0.15) is 24.4 Å². The summed E-state index contributed by atoms with van der Waals surface area (Å²) in [6, 6.07) is 5.56. The van der Waals surface area contributed by atoms with Crippen molar-refractivity contribution in [2.24, 2.45) is 5.73 Å². The molecule has 0 saturated carbocycles. The van der Waals surface area contributed by atoms with Gasteiger partial charge in [-0.2, -0.15) is 0 Å². The molecule has 2 N–H and O–H groups in total. The lowest BCUT2D eigenvalue weighted by Crippen LogP contribution is -2.27. The van der Waals surface area contributed by atoms with Crippen molar-refractivity contribution in [3.05, 3.63) is 33.8 Å². The van der Waals surface area contributed by atoms with Gasteiger partial charge < -0.3 is 15.5 Å². The fourth-order valence-corrected chi connectivity index (χ4v) is 2.54. The van der Waals surface area contributed by atoms with Gasteiger partial charge in [-0.25, -0.2) is 0 Å². The SMILES string of the molecule is CN(C)CCCN(C)CCC(N)c1cccc(Cl)c1Cl. The second-order valence-electron chi connectivity index (χ2n) is 5.50. The number of hydrogen-bond donors (Lipinski definition) is 1. The molecule has 0 amide bonds. The monoisotopic (exact) mass is 317 g/mol. The Morgan fingerprint density at radius 2 is 1.80 bits per heavy atom. The minimum absolute atomic E-state index is 0.0718. The smallest absolute Gasteiger partial charge is 0.0640 e. The third-order valence-corrected chi connectivity index (χ3v) is 4.18. The van der Waals surface area contributed by atoms with Gasteiger partial charge >= 0.3 is 0 Å². The molecule has 1 atom stereocenters. The van der Waals surface area contributed by atoms with Crippen LogP contribution in [-0.4, -0.2) is 50.6 Å². The molecule has 0 heterocycles. The van der Waals surface area contributed by atoms with Crippen molar-refractivity contribution in [1.82, 2.24) is 9.80 Å². The zero-order valence-electron chi connectivity index (χ0n) is 12.6. The van der Waals surface area contributed by atoms with Crippen LogP contribution in [0.3, 0.4) is 0 Å². The molecule has 1 rings (SSSR count). The van der Waals surface area contributed by atoms with Crippen molar-refractivity contribution in [3.63, 3.8) is 0 Å². The lowest BCUT2D eigenvalue weighted by atomic mass is 10.0. The highest BCUT2D eigenvalue weighted by Crippen LogP contribution is 2.30. The summed E-state index contributed by atoms with van der Waals surface area (Å²) in [7, 11) is 6.32. The Bertz CT molecular complexity index is 410. The van der Waals surface area contributed by atoms with Crippen molar-refractivity contribution >= 4 is 23.2 Å². The van der Waals surface area contributed by atoms with Crippen LogP contribution in [0.2, 0.25) is 10.0 Å². The Balaban J connectivity index is 2.39. The summed E-state index contributed by atoms with van der Waals surface area (Å²) in [4.78, 5) is 4.51. The second kappa shape index (κ2) is 8.85. The Kier molecular flexibility index (Phi) is 7.85. The fourth-order valence-electron chi connectivity index (χ4n) is 2.09. The zero-order valence-corrected chi connectivity index (χ0v) is 14.1. The molecule has 0 aromatic heterocycles. The third kappa shape index (κ3) is 5.98. The molecule has 5 heteroatoms. The van der Waals surface area contributed by atoms with Gasteiger partial charge in [-0.1, -0.05) is 35.3 Å². The Morgan fingerprint density at radius 3 is 2.45 bits per heavy atom. The maximum Gasteiger partial charge on any atom is 0.0640 e. The minimum atomic E-state index is -0.0718. The van der Waals surface area contributed by atoms with E-state index in [4.69, 9.17) is 28.9 Å². The minimum Gasteiger partial charge on any atom is -0.324 e. The molecule has 0 spiro atoms. The molecule has 3 nitrogen and oxygen atoms in total. The van der Waals surface area contributed by atoms with Crippen molar-refractivity contribution < 1.29 is 0 Å². The normalized spacial score (nSPS) is 13.2. The summed E-state index contributed by atoms with van der Waals surface area (Å²) in [5.74, 6) is 0. The summed E-state index contributed by atoms with van der Waals surface area (Å²) in [5, 5.41) is 1.15. The van der Waals surface area contributed by atoms with Gasteiger partial charge in [-0.3, -0.25) is 0 Å². The van der Waals surface area contributed by atoms with Crippen LogP contribution < -0.4 is 5.73 Å². The predicted octanol–water partition coefficient (Wildman–Crippen LogP) is 3.27. The van der Waals surface area contributed by atoms with Crippen molar-refractivity contribution in [3.8, 4) is 0 Å². The van der Waals surface area contributed by atoms with E-state index in [1.54, 1.807) is 6.07 Å². The second-order valence-corrected chi connectivity index (χ2v) is 6.28. The van der Waals surface area contributed by atoms with Crippen LogP contribution in [0.25, 0.3) is 0 Å². The largest absolute Gasteiger partial charge is 0.324 e. The first-order chi connectivity index (χ1) is 9.41. The lowest BCUT2D eigenvalue weighted by molar-refractivity contribution is 0.291. The van der Waals surface area contributed by atoms with Crippen LogP contribution in [0.4, 0.5) is 0 Å². The molecule has 0 bridgehead atoms. The van der Waals surface area contributed by atoms with Gasteiger partial charge in [-0.15, -0.1) is 0 Å². The Morgan fingerprint density at radius 1 is 1.10 bits per heavy atom. The van der Waals surface area contributed by atoms with Gasteiger partial charge in [0.25, 0.3) is 0 Å². The van der Waals surface area contributed by atoms with Crippen molar-refractivity contribution in [2.75, 3.05) is 40.8 Å². The number of rotatable bonds is 8. The van der Waals surface area contributed by atoms with Crippen molar-refractivity contribution in [2.45, 2.75) is 18.9 Å². The van der Waals surface area contributed by atoms with Crippen molar-refractivity contribution in [1.29, 1.82) is 0 Å². The number of nitrogens with zero attached hydrogens (tertiary/aromatic N) is 2. The molecule has 0 radical (unpaired) electrons. The summed E-state index contributed by atoms with van der Waals surface area (Å²) in [5.41, 5.74) is 7.14. The molecular formula is C15H25Cl2N3. The van der Waals surface area contributed by atoms with Crippen LogP contribution in [0, 0.1) is 0 Å². The summed E-state index contributed by atoms with van der Waals surface area (Å²) >= 11 is 12.2. The van der Waals surface area contributed by atoms with Gasteiger partial charge in [0.05, 0.1) is 10.0 Å². The number of benzene rings is 1. The number of halogens is 2. The molecule has 0 aliphatic rings. The lowest BCUT2D eigenvalue weighted by Gasteiger charge is -2.21. The highest BCUT2D eigenvalue weighted by molar-refractivity contribution is 6.42. The van der Waals surface area contributed by atoms with E-state index in [2.05, 4.69) is 30.9 Å². The fraction of sp³-hybridized carbons (Fsp3) is 0.600. The molecule has 1 aromatic carbocycles. The predicted molar refractivity (Wildman–Crippen MR) is 88.7 cm³/mol. The highest BCUT2D eigenvalue weighted by atomic mass is 35.5. The zero-order chi connectivity index (χ0) is 15.1. The molecule has 0 fully saturated rings. The van der Waals surface area contributed by atoms with Crippen LogP contribution in [0.5, 0.6) is 0 Å². The quantitative estimate of drug-likeness (QED) is 0.798. The maximum atomic E-state index is 6.21. The molecule has 0 aliphatic heterocycles. The van der Waals surface area contributed by atoms with E-state index in [1.165, 1.54) is 0 Å². The van der Waals surface area contributed by atoms with Gasteiger partial charge in [0, 0.05) is 6.04 Å². The first kappa shape index (κ1) is 17.7. The standard InChI is InChI=1S/C15H25Cl2N3/c1-19(2)9-5-10-20(3)11-8-14(18)12-6-4-7-13(16)15(12)17/h4,6-7,14H,5,8-11,18H2,1-3H3. The van der Waals surface area contributed by atoms with Crippen LogP contribution in [-0.2, 0) is 0 Å². The molecule has 0 saturated heterocycles. The van der Waals surface area contributed by atoms with E-state index in [-0.39, 0.29) is 6.04 Å². The van der Waals surface area contributed by atoms with E-state index in [9.17, 15) is 0 Å². The molecule has 1 unspecified atom stereocenters. The van der Waals surface area contributed by atoms with Crippen LogP contribution >= 0.6 is 23.2 Å². The summed E-state index contributed by atoms with van der Waals surface area (Å²) < 4.78 is 0. The number of nitrogens with two attached hydrogens (primary N) is 1. The van der Waals surface area contributed by atoms with Crippen LogP contribution in [0.15, 0.2) is 18.2 Å². The Hall–Kier alpha value is -0.320. The van der Waals surface area contributed by atoms with E-state index >= 15 is 0 Å². The topological polar surface area (TPSA) is 32.5 Å². The highest BCUT2D eigenvalue weighted by Gasteiger charge is 2.13. The Labute approximate surface area is 132 Å². The van der Waals surface area contributed by atoms with E-state index in [0.717, 1.165) is 38.0 Å². The maximum absolute atomic E-state index is 6.21. The van der Waals surface area contributed by atoms with Gasteiger partial charge in [0.15, 0.2) is 0 Å². The summed E-state index contributed by atoms with van der Waals surface area (Å²) in [6.45, 7) is 3.14. The molecule has 0 aliphatic carbocycles. The first-order valence-corrected chi connectivity index (χ1v) is 7.70. The average molecular weight is 318 g/mol. The van der Waals surface area contributed by atoms with E-state index in [1.807, 2.05) is 12.1 Å². The van der Waals surface area contributed by atoms with E-state index < -0.39 is 0 Å².